The van der Waals surface area contributed by atoms with Crippen molar-refractivity contribution >= 4 is 19.0 Å². The summed E-state index contributed by atoms with van der Waals surface area (Å²) in [5.41, 5.74) is 1.67. The SMILES string of the molecule is C=C[Si](OCC)(OCC)OCC.COC(C)OC([SiH3])=C(OC(C)OC)OC(C)OC. The van der Waals surface area contributed by atoms with Crippen LogP contribution in [-0.4, -0.2) is 79.1 Å². The summed E-state index contributed by atoms with van der Waals surface area (Å²) in [5, 5.41) is 0.595. The van der Waals surface area contributed by atoms with Crippen LogP contribution in [0.25, 0.3) is 0 Å². The molecule has 0 radical (unpaired) electrons. The normalized spacial score (nSPS) is 14.0. The van der Waals surface area contributed by atoms with Crippen LogP contribution in [0, 0.1) is 0 Å². The van der Waals surface area contributed by atoms with Gasteiger partial charge in [-0.2, -0.15) is 0 Å². The Morgan fingerprint density at radius 1 is 0.767 bits per heavy atom. The zero-order valence-corrected chi connectivity index (χ0v) is 23.3. The first-order chi connectivity index (χ1) is 14.2. The smallest absolute Gasteiger partial charge is 0.469 e. The highest BCUT2D eigenvalue weighted by Crippen LogP contribution is 2.15. The van der Waals surface area contributed by atoms with Crippen LogP contribution in [0.2, 0.25) is 0 Å². The Labute approximate surface area is 186 Å². The van der Waals surface area contributed by atoms with Gasteiger partial charge in [0, 0.05) is 41.2 Å². The molecule has 30 heavy (non-hydrogen) atoms. The highest BCUT2D eigenvalue weighted by atomic mass is 28.4. The number of hydrogen-bond donors (Lipinski definition) is 0. The summed E-state index contributed by atoms with van der Waals surface area (Å²) in [7, 11) is 2.77. The molecule has 3 unspecified atom stereocenters. The summed E-state index contributed by atoms with van der Waals surface area (Å²) in [6.45, 7) is 16.5. The van der Waals surface area contributed by atoms with E-state index in [-0.39, 0.29) is 12.2 Å². The van der Waals surface area contributed by atoms with Gasteiger partial charge in [0.15, 0.2) is 18.9 Å². The molecular formula is C19H42O9Si2. The highest BCUT2D eigenvalue weighted by Gasteiger charge is 2.36. The van der Waals surface area contributed by atoms with Gasteiger partial charge in [0.05, 0.1) is 10.2 Å². The average Bonchev–Trinajstić information content (AvgIpc) is 2.73. The van der Waals surface area contributed by atoms with Gasteiger partial charge in [-0.25, -0.2) is 0 Å². The van der Waals surface area contributed by atoms with Gasteiger partial charge >= 0.3 is 14.7 Å². The van der Waals surface area contributed by atoms with E-state index >= 15 is 0 Å². The maximum atomic E-state index is 5.51. The lowest BCUT2D eigenvalue weighted by molar-refractivity contribution is -0.182. The van der Waals surface area contributed by atoms with E-state index in [0.717, 1.165) is 0 Å². The van der Waals surface area contributed by atoms with Gasteiger partial charge < -0.3 is 41.7 Å². The molecule has 0 amide bonds. The average molecular weight is 471 g/mol. The maximum absolute atomic E-state index is 5.51. The van der Waals surface area contributed by atoms with Crippen molar-refractivity contribution in [3.8, 4) is 0 Å². The van der Waals surface area contributed by atoms with Crippen LogP contribution >= 0.6 is 0 Å². The molecule has 0 saturated heterocycles. The van der Waals surface area contributed by atoms with Crippen molar-refractivity contribution in [1.29, 1.82) is 0 Å². The molecule has 0 aliphatic rings. The van der Waals surface area contributed by atoms with Crippen LogP contribution in [0.5, 0.6) is 0 Å². The van der Waals surface area contributed by atoms with Crippen LogP contribution in [0.3, 0.4) is 0 Å². The molecule has 0 aliphatic heterocycles. The van der Waals surface area contributed by atoms with Gasteiger partial charge in [-0.1, -0.05) is 6.58 Å². The molecule has 3 atom stereocenters. The van der Waals surface area contributed by atoms with Crippen LogP contribution in [0.15, 0.2) is 23.6 Å². The van der Waals surface area contributed by atoms with Crippen molar-refractivity contribution in [3.05, 3.63) is 23.6 Å². The Kier molecular flexibility index (Phi) is 19.6. The molecule has 0 bridgehead atoms. The van der Waals surface area contributed by atoms with Crippen molar-refractivity contribution in [2.45, 2.75) is 60.4 Å². The van der Waals surface area contributed by atoms with Crippen LogP contribution < -0.4 is 0 Å². The lowest BCUT2D eigenvalue weighted by Gasteiger charge is -2.24. The standard InChI is InChI=1S/C11H24O6Si.C8H18O3Si/c1-7(12-4)15-10(16-8(2)13-5)11(18)17-9(3)14-6;1-5-9-12(8-4,10-6-2)11-7-3/h7-9H,1-6,18H3;8H,4-7H2,1-3H3. The van der Waals surface area contributed by atoms with Crippen molar-refractivity contribution < 1.29 is 41.7 Å². The van der Waals surface area contributed by atoms with E-state index in [1.165, 1.54) is 0 Å². The fourth-order valence-electron chi connectivity index (χ4n) is 1.84. The van der Waals surface area contributed by atoms with E-state index < -0.39 is 21.4 Å². The molecule has 0 spiro atoms. The van der Waals surface area contributed by atoms with E-state index in [0.29, 0.717) is 35.4 Å². The minimum atomic E-state index is -2.51. The van der Waals surface area contributed by atoms with Gasteiger partial charge in [-0.3, -0.25) is 0 Å². The van der Waals surface area contributed by atoms with Gasteiger partial charge in [-0.15, -0.1) is 0 Å². The third-order valence-electron chi connectivity index (χ3n) is 3.46. The van der Waals surface area contributed by atoms with E-state index in [2.05, 4.69) is 6.58 Å². The van der Waals surface area contributed by atoms with Gasteiger partial charge in [0.1, 0.15) is 5.38 Å². The lowest BCUT2D eigenvalue weighted by atomic mass is 10.7. The van der Waals surface area contributed by atoms with E-state index in [1.807, 2.05) is 20.8 Å². The van der Waals surface area contributed by atoms with Gasteiger partial charge in [-0.05, 0) is 47.2 Å². The molecular weight excluding hydrogens is 428 g/mol. The molecule has 0 aromatic heterocycles. The topological polar surface area (TPSA) is 83.1 Å². The minimum Gasteiger partial charge on any atom is -0.469 e. The first-order valence-corrected chi connectivity index (χ1v) is 12.8. The monoisotopic (exact) mass is 470 g/mol. The number of rotatable bonds is 16. The Bertz CT molecular complexity index is 432. The Balaban J connectivity index is 0. The quantitative estimate of drug-likeness (QED) is 0.192. The van der Waals surface area contributed by atoms with E-state index in [4.69, 9.17) is 41.7 Å². The zero-order valence-electron chi connectivity index (χ0n) is 20.3. The molecule has 0 saturated carbocycles. The summed E-state index contributed by atoms with van der Waals surface area (Å²) in [4.78, 5) is 0. The molecule has 0 heterocycles. The fourth-order valence-corrected chi connectivity index (χ4v) is 4.22. The second kappa shape index (κ2) is 18.8. The highest BCUT2D eigenvalue weighted by molar-refractivity contribution is 6.66. The molecule has 180 valence electrons. The molecule has 0 fully saturated rings. The summed E-state index contributed by atoms with van der Waals surface area (Å²) >= 11 is 0. The Hall–Kier alpha value is -0.926. The number of ether oxygens (including phenoxy) is 6. The molecule has 11 heteroatoms. The second-order valence-corrected chi connectivity index (χ2v) is 9.10. The molecule has 0 aromatic carbocycles. The van der Waals surface area contributed by atoms with Crippen LogP contribution in [0.4, 0.5) is 0 Å². The van der Waals surface area contributed by atoms with Crippen LogP contribution in [0.1, 0.15) is 41.5 Å². The van der Waals surface area contributed by atoms with Crippen molar-refractivity contribution in [2.24, 2.45) is 0 Å². The molecule has 0 N–H and O–H groups in total. The van der Waals surface area contributed by atoms with Gasteiger partial charge in [0.25, 0.3) is 0 Å². The van der Waals surface area contributed by atoms with Gasteiger partial charge in [0.2, 0.25) is 0 Å². The maximum Gasteiger partial charge on any atom is 0.528 e. The van der Waals surface area contributed by atoms with Crippen molar-refractivity contribution in [3.63, 3.8) is 0 Å². The Morgan fingerprint density at radius 3 is 1.37 bits per heavy atom. The summed E-state index contributed by atoms with van der Waals surface area (Å²) < 4.78 is 47.9. The Morgan fingerprint density at radius 2 is 1.10 bits per heavy atom. The first kappa shape index (κ1) is 31.3. The number of hydrogen-bond acceptors (Lipinski definition) is 9. The molecule has 0 aliphatic carbocycles. The molecule has 0 rings (SSSR count). The number of methoxy groups -OCH3 is 3. The minimum absolute atomic E-state index is 0.272. The third-order valence-corrected chi connectivity index (χ3v) is 6.68. The largest absolute Gasteiger partial charge is 0.528 e. The third kappa shape index (κ3) is 14.1. The lowest BCUT2D eigenvalue weighted by Crippen LogP contribution is -2.44. The summed E-state index contributed by atoms with van der Waals surface area (Å²) in [5.74, 6) is 0.272. The first-order valence-electron chi connectivity index (χ1n) is 10.0. The second-order valence-electron chi connectivity index (χ2n) is 5.71. The predicted octanol–water partition coefficient (Wildman–Crippen LogP) is 2.27. The van der Waals surface area contributed by atoms with E-state index in [1.54, 1.807) is 47.8 Å². The zero-order chi connectivity index (χ0) is 23.6. The van der Waals surface area contributed by atoms with Crippen molar-refractivity contribution in [2.75, 3.05) is 41.2 Å². The van der Waals surface area contributed by atoms with Crippen molar-refractivity contribution in [1.82, 2.24) is 0 Å². The summed E-state index contributed by atoms with van der Waals surface area (Å²) in [6.07, 6.45) is -1.24. The van der Waals surface area contributed by atoms with Crippen LogP contribution in [-0.2, 0) is 41.7 Å². The fraction of sp³-hybridized carbons (Fsp3) is 0.789. The van der Waals surface area contributed by atoms with E-state index in [9.17, 15) is 0 Å². The summed E-state index contributed by atoms with van der Waals surface area (Å²) in [6, 6.07) is 0. The predicted molar refractivity (Wildman–Crippen MR) is 120 cm³/mol. The molecule has 9 nitrogen and oxygen atoms in total. The molecule has 0 aromatic rings.